The van der Waals surface area contributed by atoms with Crippen molar-refractivity contribution < 1.29 is 19.0 Å². The summed E-state index contributed by atoms with van der Waals surface area (Å²) in [6, 6.07) is 18.4. The van der Waals surface area contributed by atoms with E-state index in [2.05, 4.69) is 25.6 Å². The second-order valence-electron chi connectivity index (χ2n) is 7.91. The van der Waals surface area contributed by atoms with Gasteiger partial charge >= 0.3 is 0 Å². The van der Waals surface area contributed by atoms with Crippen LogP contribution in [-0.4, -0.2) is 32.6 Å². The third-order valence-electron chi connectivity index (χ3n) is 5.53. The Hall–Kier alpha value is -4.76. The van der Waals surface area contributed by atoms with Crippen molar-refractivity contribution in [3.63, 3.8) is 0 Å². The van der Waals surface area contributed by atoms with Crippen molar-refractivity contribution in [1.29, 1.82) is 0 Å². The van der Waals surface area contributed by atoms with E-state index in [9.17, 15) is 14.3 Å². The lowest BCUT2D eigenvalue weighted by atomic mass is 10.1. The molecule has 8 nitrogen and oxygen atoms in total. The van der Waals surface area contributed by atoms with Crippen molar-refractivity contribution >= 4 is 34.1 Å². The van der Waals surface area contributed by atoms with Gasteiger partial charge in [-0.1, -0.05) is 18.2 Å². The predicted molar refractivity (Wildman–Crippen MR) is 135 cm³/mol. The Morgan fingerprint density at radius 3 is 2.75 bits per heavy atom. The summed E-state index contributed by atoms with van der Waals surface area (Å²) < 4.78 is 20.7. The van der Waals surface area contributed by atoms with Crippen LogP contribution in [0.2, 0.25) is 0 Å². The Balaban J connectivity index is 1.35. The second kappa shape index (κ2) is 10.2. The van der Waals surface area contributed by atoms with Crippen molar-refractivity contribution in [2.24, 2.45) is 0 Å². The van der Waals surface area contributed by atoms with E-state index >= 15 is 0 Å². The van der Waals surface area contributed by atoms with E-state index in [0.29, 0.717) is 29.2 Å². The van der Waals surface area contributed by atoms with Crippen LogP contribution in [-0.2, 0) is 6.42 Å². The summed E-state index contributed by atoms with van der Waals surface area (Å²) in [7, 11) is 0. The van der Waals surface area contributed by atoms with Gasteiger partial charge in [0.1, 0.15) is 17.2 Å². The van der Waals surface area contributed by atoms with Crippen LogP contribution in [0.15, 0.2) is 85.3 Å². The number of fused-ring (bicyclic) bond motifs is 1. The van der Waals surface area contributed by atoms with E-state index in [4.69, 9.17) is 4.74 Å². The summed E-state index contributed by atoms with van der Waals surface area (Å²) in [6.45, 7) is -0.0327. The van der Waals surface area contributed by atoms with Gasteiger partial charge in [-0.2, -0.15) is 0 Å². The van der Waals surface area contributed by atoms with E-state index in [0.717, 1.165) is 10.9 Å². The quantitative estimate of drug-likeness (QED) is 0.234. The van der Waals surface area contributed by atoms with Gasteiger partial charge in [0.25, 0.3) is 5.91 Å². The average Bonchev–Trinajstić information content (AvgIpc) is 3.37. The number of nitrogens with one attached hydrogen (secondary N) is 3. The van der Waals surface area contributed by atoms with Crippen molar-refractivity contribution in [3.8, 4) is 11.5 Å². The van der Waals surface area contributed by atoms with Gasteiger partial charge < -0.3 is 25.5 Å². The summed E-state index contributed by atoms with van der Waals surface area (Å²) in [6.07, 6.45) is 5.27. The minimum absolute atomic E-state index is 0.0327. The number of aromatic nitrogens is 3. The number of hydrogen-bond donors (Lipinski definition) is 4. The molecule has 0 unspecified atom stereocenters. The summed E-state index contributed by atoms with van der Waals surface area (Å²) >= 11 is 0. The maximum Gasteiger partial charge on any atom is 0.259 e. The smallest absolute Gasteiger partial charge is 0.259 e. The molecule has 36 heavy (non-hydrogen) atoms. The standard InChI is InChI=1S/C27H22FN5O3/c28-21-16-18(7-8-24(21)36-23-10-14-31-25-19(23)9-13-30-25)32-26-20(5-3-12-29-26)27(35)33-22-6-2-1-4-17(22)11-15-34/h1-10,12-14,16,34H,11,15H2,(H,29,32)(H,30,31)(H,33,35). The van der Waals surface area contributed by atoms with Crippen LogP contribution in [0.4, 0.5) is 21.6 Å². The van der Waals surface area contributed by atoms with E-state index < -0.39 is 5.82 Å². The zero-order chi connectivity index (χ0) is 24.9. The number of aliphatic hydroxyl groups excluding tert-OH is 1. The summed E-state index contributed by atoms with van der Waals surface area (Å²) in [5.41, 5.74) is 2.74. The van der Waals surface area contributed by atoms with Crippen LogP contribution in [0.3, 0.4) is 0 Å². The van der Waals surface area contributed by atoms with E-state index in [1.165, 1.54) is 18.3 Å². The maximum atomic E-state index is 14.9. The molecule has 3 heterocycles. The van der Waals surface area contributed by atoms with Crippen molar-refractivity contribution in [2.45, 2.75) is 6.42 Å². The maximum absolute atomic E-state index is 14.9. The summed E-state index contributed by atoms with van der Waals surface area (Å²) in [4.78, 5) is 24.5. The minimum atomic E-state index is -0.583. The summed E-state index contributed by atoms with van der Waals surface area (Å²) in [5, 5.41) is 15.9. The van der Waals surface area contributed by atoms with Crippen LogP contribution in [0.5, 0.6) is 11.5 Å². The van der Waals surface area contributed by atoms with Crippen LogP contribution >= 0.6 is 0 Å². The fourth-order valence-corrected chi connectivity index (χ4v) is 3.80. The highest BCUT2D eigenvalue weighted by Gasteiger charge is 2.16. The third-order valence-corrected chi connectivity index (χ3v) is 5.53. The number of para-hydroxylation sites is 1. The lowest BCUT2D eigenvalue weighted by Gasteiger charge is -2.14. The number of pyridine rings is 2. The molecule has 0 aliphatic rings. The average molecular weight is 484 g/mol. The monoisotopic (exact) mass is 483 g/mol. The lowest BCUT2D eigenvalue weighted by Crippen LogP contribution is -2.16. The molecule has 0 fully saturated rings. The minimum Gasteiger partial charge on any atom is -0.453 e. The topological polar surface area (TPSA) is 112 Å². The molecule has 0 saturated heterocycles. The van der Waals surface area contributed by atoms with E-state index in [1.807, 2.05) is 12.1 Å². The highest BCUT2D eigenvalue weighted by atomic mass is 19.1. The highest BCUT2D eigenvalue weighted by Crippen LogP contribution is 2.32. The van der Waals surface area contributed by atoms with Gasteiger partial charge in [-0.3, -0.25) is 4.79 Å². The Morgan fingerprint density at radius 2 is 1.89 bits per heavy atom. The first-order valence-corrected chi connectivity index (χ1v) is 11.2. The van der Waals surface area contributed by atoms with E-state index in [-0.39, 0.29) is 29.6 Å². The van der Waals surface area contributed by atoms with Gasteiger partial charge in [-0.15, -0.1) is 0 Å². The number of carbonyl (C=O) groups is 1. The molecule has 3 aromatic heterocycles. The molecule has 0 atom stereocenters. The van der Waals surface area contributed by atoms with Gasteiger partial charge in [0.05, 0.1) is 10.9 Å². The zero-order valence-electron chi connectivity index (χ0n) is 19.0. The number of anilines is 3. The zero-order valence-corrected chi connectivity index (χ0v) is 19.0. The Bertz CT molecular complexity index is 1540. The number of aliphatic hydroxyl groups is 1. The molecule has 5 rings (SSSR count). The lowest BCUT2D eigenvalue weighted by molar-refractivity contribution is 0.102. The molecule has 2 aromatic carbocycles. The second-order valence-corrected chi connectivity index (χ2v) is 7.91. The van der Waals surface area contributed by atoms with Crippen LogP contribution in [0.1, 0.15) is 15.9 Å². The van der Waals surface area contributed by atoms with Gasteiger partial charge in [-0.05, 0) is 54.4 Å². The fraction of sp³-hybridized carbons (Fsp3) is 0.0741. The number of benzene rings is 2. The molecular formula is C27H22FN5O3. The highest BCUT2D eigenvalue weighted by molar-refractivity contribution is 6.08. The largest absolute Gasteiger partial charge is 0.453 e. The molecular weight excluding hydrogens is 461 g/mol. The Labute approximate surface area is 205 Å². The van der Waals surface area contributed by atoms with Gasteiger partial charge in [0.15, 0.2) is 11.6 Å². The fourth-order valence-electron chi connectivity index (χ4n) is 3.80. The number of carbonyl (C=O) groups excluding carboxylic acids is 1. The molecule has 0 saturated carbocycles. The molecule has 0 bridgehead atoms. The summed E-state index contributed by atoms with van der Waals surface area (Å²) in [5.74, 6) is -0.171. The molecule has 1 amide bonds. The van der Waals surface area contributed by atoms with Gasteiger partial charge in [0.2, 0.25) is 0 Å². The number of hydrogen-bond acceptors (Lipinski definition) is 6. The van der Waals surface area contributed by atoms with Crippen LogP contribution in [0.25, 0.3) is 11.0 Å². The molecule has 0 aliphatic carbocycles. The molecule has 180 valence electrons. The molecule has 0 aliphatic heterocycles. The van der Waals surface area contributed by atoms with Gasteiger partial charge in [0, 0.05) is 42.6 Å². The molecule has 5 aromatic rings. The van der Waals surface area contributed by atoms with Crippen molar-refractivity contribution in [3.05, 3.63) is 102 Å². The molecule has 0 radical (unpaired) electrons. The first-order valence-electron chi connectivity index (χ1n) is 11.2. The van der Waals surface area contributed by atoms with Crippen molar-refractivity contribution in [2.75, 3.05) is 17.2 Å². The van der Waals surface area contributed by atoms with E-state index in [1.54, 1.807) is 54.9 Å². The number of nitrogens with zero attached hydrogens (tertiary/aromatic N) is 2. The third kappa shape index (κ3) is 4.86. The molecule has 4 N–H and O–H groups in total. The number of amides is 1. The molecule has 0 spiro atoms. The van der Waals surface area contributed by atoms with Crippen molar-refractivity contribution in [1.82, 2.24) is 15.0 Å². The number of ether oxygens (including phenoxy) is 1. The van der Waals surface area contributed by atoms with Crippen LogP contribution < -0.4 is 15.4 Å². The van der Waals surface area contributed by atoms with Crippen LogP contribution in [0, 0.1) is 5.82 Å². The number of halogens is 1. The normalized spacial score (nSPS) is 10.8. The number of aromatic amines is 1. The van der Waals surface area contributed by atoms with Gasteiger partial charge in [-0.25, -0.2) is 14.4 Å². The SMILES string of the molecule is O=C(Nc1ccccc1CCO)c1cccnc1Nc1ccc(Oc2ccnc3[nH]ccc23)c(F)c1. The first-order chi connectivity index (χ1) is 17.6. The Morgan fingerprint density at radius 1 is 1.00 bits per heavy atom. The predicted octanol–water partition coefficient (Wildman–Crippen LogP) is 5.42. The molecule has 9 heteroatoms. The Kier molecular flexibility index (Phi) is 6.55. The number of rotatable bonds is 8. The number of H-pyrrole nitrogens is 1. The first kappa shape index (κ1) is 23.0.